The molecule has 0 aliphatic rings. The van der Waals surface area contributed by atoms with Crippen molar-refractivity contribution in [3.05, 3.63) is 27.1 Å². The van der Waals surface area contributed by atoms with Gasteiger partial charge in [0.05, 0.1) is 12.3 Å². The van der Waals surface area contributed by atoms with Gasteiger partial charge in [-0.15, -0.1) is 0 Å². The monoisotopic (exact) mass is 419 g/mol. The van der Waals surface area contributed by atoms with Gasteiger partial charge in [-0.3, -0.25) is 5.32 Å². The molecule has 0 saturated heterocycles. The van der Waals surface area contributed by atoms with Crippen molar-refractivity contribution in [3.8, 4) is 0 Å². The number of hydrogen-bond donors (Lipinski definition) is 1. The maximum atomic E-state index is 11.7. The first-order valence-corrected chi connectivity index (χ1v) is 9.11. The average molecular weight is 421 g/mol. The summed E-state index contributed by atoms with van der Waals surface area (Å²) in [6.07, 6.45) is 8.07. The zero-order chi connectivity index (χ0) is 15.5. The summed E-state index contributed by atoms with van der Waals surface area (Å²) in [6, 6.07) is 5.58. The molecular formula is C16H23Br2NO2. The molecule has 1 amide bonds. The van der Waals surface area contributed by atoms with Crippen molar-refractivity contribution < 1.29 is 9.53 Å². The normalized spacial score (nSPS) is 10.4. The van der Waals surface area contributed by atoms with Crippen LogP contribution in [0.1, 0.15) is 51.9 Å². The van der Waals surface area contributed by atoms with Gasteiger partial charge in [-0.05, 0) is 40.5 Å². The molecule has 1 N–H and O–H groups in total. The fourth-order valence-corrected chi connectivity index (χ4v) is 3.11. The molecule has 3 nitrogen and oxygen atoms in total. The van der Waals surface area contributed by atoms with Gasteiger partial charge in [-0.2, -0.15) is 0 Å². The van der Waals surface area contributed by atoms with Crippen molar-refractivity contribution in [1.82, 2.24) is 0 Å². The summed E-state index contributed by atoms with van der Waals surface area (Å²) in [5.74, 6) is 0. The minimum atomic E-state index is -0.399. The Kier molecular flexibility index (Phi) is 9.76. The van der Waals surface area contributed by atoms with Gasteiger partial charge in [-0.1, -0.05) is 61.4 Å². The van der Waals surface area contributed by atoms with E-state index in [0.717, 1.165) is 21.8 Å². The Morgan fingerprint density at radius 1 is 1.10 bits per heavy atom. The molecule has 0 unspecified atom stereocenters. The van der Waals surface area contributed by atoms with Gasteiger partial charge in [0.2, 0.25) is 0 Å². The topological polar surface area (TPSA) is 38.3 Å². The third-order valence-electron chi connectivity index (χ3n) is 3.15. The molecule has 0 radical (unpaired) electrons. The average Bonchev–Trinajstić information content (AvgIpc) is 2.45. The smallest absolute Gasteiger partial charge is 0.411 e. The lowest BCUT2D eigenvalue weighted by Gasteiger charge is -2.08. The van der Waals surface area contributed by atoms with Crippen LogP contribution in [-0.4, -0.2) is 12.7 Å². The Bertz CT molecular complexity index is 438. The second-order valence-corrected chi connectivity index (χ2v) is 6.78. The third-order valence-corrected chi connectivity index (χ3v) is 4.30. The second-order valence-electron chi connectivity index (χ2n) is 5.01. The van der Waals surface area contributed by atoms with Gasteiger partial charge in [0.1, 0.15) is 0 Å². The van der Waals surface area contributed by atoms with Gasteiger partial charge >= 0.3 is 6.09 Å². The summed E-state index contributed by atoms with van der Waals surface area (Å²) in [4.78, 5) is 11.7. The number of nitrogens with one attached hydrogen (secondary N) is 1. The summed E-state index contributed by atoms with van der Waals surface area (Å²) < 4.78 is 6.96. The predicted octanol–water partition coefficient (Wildman–Crippen LogP) is 6.51. The second kappa shape index (κ2) is 11.1. The summed E-state index contributed by atoms with van der Waals surface area (Å²) in [7, 11) is 0. The zero-order valence-electron chi connectivity index (χ0n) is 12.5. The van der Waals surface area contributed by atoms with E-state index in [1.807, 2.05) is 18.2 Å². The summed E-state index contributed by atoms with van der Waals surface area (Å²) >= 11 is 6.77. The van der Waals surface area contributed by atoms with Gasteiger partial charge in [-0.25, -0.2) is 4.79 Å². The first-order valence-electron chi connectivity index (χ1n) is 7.52. The van der Waals surface area contributed by atoms with E-state index in [1.54, 1.807) is 0 Å². The first kappa shape index (κ1) is 18.5. The van der Waals surface area contributed by atoms with Crippen LogP contribution in [-0.2, 0) is 4.74 Å². The Morgan fingerprint density at radius 3 is 2.43 bits per heavy atom. The van der Waals surface area contributed by atoms with Crippen LogP contribution >= 0.6 is 31.9 Å². The standard InChI is InChI=1S/C16H23Br2NO2/c1-2-3-4-5-6-7-8-11-21-16(20)19-15-10-9-13(17)12-14(15)18/h9-10,12H,2-8,11H2,1H3,(H,19,20). The van der Waals surface area contributed by atoms with Crippen LogP contribution in [0.2, 0.25) is 0 Å². The van der Waals surface area contributed by atoms with E-state index in [-0.39, 0.29) is 0 Å². The van der Waals surface area contributed by atoms with Gasteiger partial charge < -0.3 is 4.74 Å². The SMILES string of the molecule is CCCCCCCCCOC(=O)Nc1ccc(Br)cc1Br. The number of carbonyl (C=O) groups is 1. The van der Waals surface area contributed by atoms with Crippen LogP contribution in [0.5, 0.6) is 0 Å². The molecule has 0 atom stereocenters. The van der Waals surface area contributed by atoms with E-state index in [9.17, 15) is 4.79 Å². The highest BCUT2D eigenvalue weighted by Crippen LogP contribution is 2.26. The van der Waals surface area contributed by atoms with Crippen LogP contribution in [0.3, 0.4) is 0 Å². The van der Waals surface area contributed by atoms with Gasteiger partial charge in [0, 0.05) is 8.95 Å². The van der Waals surface area contributed by atoms with E-state index < -0.39 is 6.09 Å². The molecule has 0 aliphatic carbocycles. The van der Waals surface area contributed by atoms with E-state index in [1.165, 1.54) is 32.1 Å². The summed E-state index contributed by atoms with van der Waals surface area (Å²) in [5.41, 5.74) is 0.711. The number of hydrogen-bond acceptors (Lipinski definition) is 2. The Labute approximate surface area is 144 Å². The van der Waals surface area contributed by atoms with Crippen LogP contribution < -0.4 is 5.32 Å². The minimum Gasteiger partial charge on any atom is -0.449 e. The minimum absolute atomic E-state index is 0.399. The fourth-order valence-electron chi connectivity index (χ4n) is 1.96. The van der Waals surface area contributed by atoms with Crippen molar-refractivity contribution in [2.75, 3.05) is 11.9 Å². The highest BCUT2D eigenvalue weighted by Gasteiger charge is 2.06. The molecule has 1 aromatic rings. The lowest BCUT2D eigenvalue weighted by atomic mass is 10.1. The Hall–Kier alpha value is -0.550. The number of unbranched alkanes of at least 4 members (excludes halogenated alkanes) is 6. The number of halogens is 2. The molecule has 1 rings (SSSR count). The lowest BCUT2D eigenvalue weighted by molar-refractivity contribution is 0.159. The number of anilines is 1. The van der Waals surface area contributed by atoms with Crippen molar-refractivity contribution >= 4 is 43.6 Å². The number of benzene rings is 1. The fraction of sp³-hybridized carbons (Fsp3) is 0.562. The zero-order valence-corrected chi connectivity index (χ0v) is 15.6. The Balaban J connectivity index is 2.11. The summed E-state index contributed by atoms with van der Waals surface area (Å²) in [5, 5.41) is 2.73. The molecule has 0 aliphatic heterocycles. The number of carbonyl (C=O) groups excluding carboxylic acids is 1. The molecule has 21 heavy (non-hydrogen) atoms. The molecule has 1 aromatic carbocycles. The van der Waals surface area contributed by atoms with Crippen LogP contribution in [0.4, 0.5) is 10.5 Å². The van der Waals surface area contributed by atoms with Gasteiger partial charge in [0.15, 0.2) is 0 Å². The predicted molar refractivity (Wildman–Crippen MR) is 94.8 cm³/mol. The molecule has 0 bridgehead atoms. The molecule has 5 heteroatoms. The molecule has 0 saturated carbocycles. The highest BCUT2D eigenvalue weighted by molar-refractivity contribution is 9.11. The first-order chi connectivity index (χ1) is 10.1. The van der Waals surface area contributed by atoms with Crippen molar-refractivity contribution in [2.45, 2.75) is 51.9 Å². The maximum Gasteiger partial charge on any atom is 0.411 e. The molecule has 0 fully saturated rings. The van der Waals surface area contributed by atoms with Crippen LogP contribution in [0, 0.1) is 0 Å². The highest BCUT2D eigenvalue weighted by atomic mass is 79.9. The number of ether oxygens (including phenoxy) is 1. The lowest BCUT2D eigenvalue weighted by Crippen LogP contribution is -2.14. The van der Waals surface area contributed by atoms with Crippen LogP contribution in [0.25, 0.3) is 0 Å². The van der Waals surface area contributed by atoms with E-state index in [2.05, 4.69) is 44.1 Å². The number of rotatable bonds is 9. The molecule has 118 valence electrons. The molecule has 0 spiro atoms. The van der Waals surface area contributed by atoms with Gasteiger partial charge in [0.25, 0.3) is 0 Å². The van der Waals surface area contributed by atoms with Crippen molar-refractivity contribution in [1.29, 1.82) is 0 Å². The third kappa shape index (κ3) is 8.47. The Morgan fingerprint density at radius 2 is 1.76 bits per heavy atom. The summed E-state index contributed by atoms with van der Waals surface area (Å²) in [6.45, 7) is 2.70. The maximum absolute atomic E-state index is 11.7. The van der Waals surface area contributed by atoms with Crippen LogP contribution in [0.15, 0.2) is 27.1 Å². The van der Waals surface area contributed by atoms with E-state index in [0.29, 0.717) is 12.3 Å². The molecule has 0 heterocycles. The molecule has 0 aromatic heterocycles. The number of amides is 1. The molecular weight excluding hydrogens is 398 g/mol. The van der Waals surface area contributed by atoms with Crippen molar-refractivity contribution in [2.24, 2.45) is 0 Å². The quantitative estimate of drug-likeness (QED) is 0.462. The largest absolute Gasteiger partial charge is 0.449 e. The van der Waals surface area contributed by atoms with Crippen molar-refractivity contribution in [3.63, 3.8) is 0 Å². The van der Waals surface area contributed by atoms with E-state index >= 15 is 0 Å². The van der Waals surface area contributed by atoms with E-state index in [4.69, 9.17) is 4.74 Å².